The molecule has 0 bridgehead atoms. The van der Waals surface area contributed by atoms with E-state index in [1.165, 1.54) is 0 Å². The van der Waals surface area contributed by atoms with Gasteiger partial charge in [-0.1, -0.05) is 25.6 Å². The van der Waals surface area contributed by atoms with E-state index >= 15 is 0 Å². The number of nitrogens with zero attached hydrogens (tertiary/aromatic N) is 5. The molecule has 0 saturated carbocycles. The summed E-state index contributed by atoms with van der Waals surface area (Å²) in [6, 6.07) is 7.60. The van der Waals surface area contributed by atoms with Gasteiger partial charge in [0.05, 0.1) is 23.4 Å². The van der Waals surface area contributed by atoms with Gasteiger partial charge >= 0.3 is 0 Å². The third-order valence-electron chi connectivity index (χ3n) is 6.17. The van der Waals surface area contributed by atoms with Crippen molar-refractivity contribution in [2.45, 2.75) is 26.3 Å². The summed E-state index contributed by atoms with van der Waals surface area (Å²) in [6.45, 7) is 8.44. The standard InChI is InChI=1S/C24H24N6O2/c1-5-13(2)15-6-7-16-20(11-32-21(16)8-15)29(4)24(31)17-9-19-18(10-26-17)28-23(25)22-14(3)27-12-30(19)22/h6-10,12,20H,2,5,11H2,1,3-4H3,(H2,25,28). The molecule has 5 rings (SSSR count). The van der Waals surface area contributed by atoms with E-state index in [2.05, 4.69) is 28.5 Å². The molecular weight excluding hydrogens is 404 g/mol. The Morgan fingerprint density at radius 3 is 2.94 bits per heavy atom. The third-order valence-corrected chi connectivity index (χ3v) is 6.17. The molecule has 1 atom stereocenters. The Hall–Kier alpha value is -3.94. The van der Waals surface area contributed by atoms with Crippen molar-refractivity contribution in [2.24, 2.45) is 0 Å². The minimum atomic E-state index is -0.197. The van der Waals surface area contributed by atoms with Crippen molar-refractivity contribution in [2.75, 3.05) is 19.4 Å². The molecule has 8 nitrogen and oxygen atoms in total. The summed E-state index contributed by atoms with van der Waals surface area (Å²) in [7, 11) is 1.77. The minimum absolute atomic E-state index is 0.195. The summed E-state index contributed by atoms with van der Waals surface area (Å²) in [5.74, 6) is 0.982. The van der Waals surface area contributed by atoms with Crippen LogP contribution in [0.2, 0.25) is 0 Å². The monoisotopic (exact) mass is 428 g/mol. The zero-order valence-corrected chi connectivity index (χ0v) is 18.3. The van der Waals surface area contributed by atoms with Crippen LogP contribution in [0.1, 0.15) is 46.7 Å². The lowest BCUT2D eigenvalue weighted by atomic mass is 10.00. The molecule has 8 heteroatoms. The average molecular weight is 428 g/mol. The number of nitrogens with two attached hydrogens (primary N) is 1. The first-order chi connectivity index (χ1) is 15.4. The lowest BCUT2D eigenvalue weighted by molar-refractivity contribution is 0.0703. The van der Waals surface area contributed by atoms with Crippen molar-refractivity contribution >= 4 is 33.8 Å². The molecule has 1 aliphatic rings. The number of carbonyl (C=O) groups is 1. The molecule has 0 aliphatic carbocycles. The fourth-order valence-corrected chi connectivity index (χ4v) is 4.21. The van der Waals surface area contributed by atoms with Crippen LogP contribution < -0.4 is 10.5 Å². The van der Waals surface area contributed by atoms with Gasteiger partial charge in [0.1, 0.15) is 35.4 Å². The van der Waals surface area contributed by atoms with Gasteiger partial charge < -0.3 is 15.4 Å². The number of ether oxygens (including phenoxy) is 1. The molecule has 1 aromatic carbocycles. The smallest absolute Gasteiger partial charge is 0.272 e. The second-order valence-electron chi connectivity index (χ2n) is 8.06. The number of likely N-dealkylation sites (N-methyl/N-ethyl adjacent to an activating group) is 1. The molecule has 0 spiro atoms. The second kappa shape index (κ2) is 7.33. The fourth-order valence-electron chi connectivity index (χ4n) is 4.21. The minimum Gasteiger partial charge on any atom is -0.491 e. The van der Waals surface area contributed by atoms with Crippen LogP contribution in [-0.4, -0.2) is 43.8 Å². The number of carbonyl (C=O) groups excluding carboxylic acids is 1. The number of fused-ring (bicyclic) bond motifs is 4. The summed E-state index contributed by atoms with van der Waals surface area (Å²) in [4.78, 5) is 28.1. The largest absolute Gasteiger partial charge is 0.491 e. The van der Waals surface area contributed by atoms with E-state index in [0.717, 1.165) is 45.6 Å². The highest BCUT2D eigenvalue weighted by Crippen LogP contribution is 2.38. The number of amides is 1. The highest BCUT2D eigenvalue weighted by Gasteiger charge is 2.31. The molecule has 0 saturated heterocycles. The van der Waals surface area contributed by atoms with Gasteiger partial charge in [-0.25, -0.2) is 15.0 Å². The lowest BCUT2D eigenvalue weighted by Crippen LogP contribution is -2.32. The Morgan fingerprint density at radius 2 is 2.16 bits per heavy atom. The third kappa shape index (κ3) is 2.98. The van der Waals surface area contributed by atoms with Crippen molar-refractivity contribution in [3.05, 3.63) is 65.9 Å². The molecule has 4 aromatic rings. The summed E-state index contributed by atoms with van der Waals surface area (Å²) in [6.07, 6.45) is 4.13. The Labute approximate surface area is 185 Å². The van der Waals surface area contributed by atoms with Crippen LogP contribution in [0.25, 0.3) is 22.1 Å². The maximum Gasteiger partial charge on any atom is 0.272 e. The average Bonchev–Trinajstić information content (AvgIpc) is 3.41. The summed E-state index contributed by atoms with van der Waals surface area (Å²) >= 11 is 0. The van der Waals surface area contributed by atoms with Gasteiger partial charge in [0, 0.05) is 12.6 Å². The summed E-state index contributed by atoms with van der Waals surface area (Å²) in [5.41, 5.74) is 12.4. The Bertz CT molecular complexity index is 1410. The Kier molecular flexibility index (Phi) is 4.58. The van der Waals surface area contributed by atoms with E-state index in [-0.39, 0.29) is 11.9 Å². The Balaban J connectivity index is 1.49. The molecular formula is C24H24N6O2. The van der Waals surface area contributed by atoms with Crippen LogP contribution in [0.15, 0.2) is 43.4 Å². The first-order valence-corrected chi connectivity index (χ1v) is 10.5. The number of allylic oxidation sites excluding steroid dienone is 1. The van der Waals surface area contributed by atoms with E-state index < -0.39 is 0 Å². The number of anilines is 1. The maximum atomic E-state index is 13.3. The highest BCUT2D eigenvalue weighted by molar-refractivity contribution is 5.96. The SMILES string of the molecule is C=C(CC)c1ccc2c(c1)OCC2N(C)C(=O)c1cc2c(cn1)nc(N)c1c(C)ncn12. The van der Waals surface area contributed by atoms with Crippen molar-refractivity contribution in [3.63, 3.8) is 0 Å². The first-order valence-electron chi connectivity index (χ1n) is 10.5. The zero-order valence-electron chi connectivity index (χ0n) is 18.3. The number of nitrogen functional groups attached to an aromatic ring is 1. The maximum absolute atomic E-state index is 13.3. The molecule has 1 unspecified atom stereocenters. The Morgan fingerprint density at radius 1 is 1.34 bits per heavy atom. The predicted octanol–water partition coefficient (Wildman–Crippen LogP) is 3.80. The van der Waals surface area contributed by atoms with Crippen molar-refractivity contribution in [1.29, 1.82) is 0 Å². The van der Waals surface area contributed by atoms with E-state index in [0.29, 0.717) is 23.6 Å². The van der Waals surface area contributed by atoms with Gasteiger partial charge in [-0.05, 0) is 36.6 Å². The number of aromatic nitrogens is 4. The van der Waals surface area contributed by atoms with Gasteiger partial charge in [0.25, 0.3) is 5.91 Å². The number of benzene rings is 1. The normalized spacial score (nSPS) is 15.0. The van der Waals surface area contributed by atoms with E-state index in [1.54, 1.807) is 30.5 Å². The second-order valence-corrected chi connectivity index (χ2v) is 8.06. The van der Waals surface area contributed by atoms with Crippen molar-refractivity contribution < 1.29 is 9.53 Å². The number of aryl methyl sites for hydroxylation is 1. The molecule has 162 valence electrons. The fraction of sp³-hybridized carbons (Fsp3) is 0.250. The van der Waals surface area contributed by atoms with Crippen LogP contribution in [0, 0.1) is 6.92 Å². The molecule has 4 heterocycles. The van der Waals surface area contributed by atoms with E-state index in [1.807, 2.05) is 29.5 Å². The topological polar surface area (TPSA) is 98.6 Å². The highest BCUT2D eigenvalue weighted by atomic mass is 16.5. The van der Waals surface area contributed by atoms with Crippen molar-refractivity contribution in [3.8, 4) is 5.75 Å². The molecule has 3 aromatic heterocycles. The van der Waals surface area contributed by atoms with Crippen molar-refractivity contribution in [1.82, 2.24) is 24.3 Å². The van der Waals surface area contributed by atoms with Crippen LogP contribution in [0.4, 0.5) is 5.82 Å². The van der Waals surface area contributed by atoms with E-state index in [9.17, 15) is 4.79 Å². The number of hydrogen-bond acceptors (Lipinski definition) is 6. The summed E-state index contributed by atoms with van der Waals surface area (Å²) < 4.78 is 7.75. The van der Waals surface area contributed by atoms with Gasteiger partial charge in [0.2, 0.25) is 0 Å². The molecule has 1 amide bonds. The number of hydrogen-bond donors (Lipinski definition) is 1. The molecule has 32 heavy (non-hydrogen) atoms. The van der Waals surface area contributed by atoms with E-state index in [4.69, 9.17) is 10.5 Å². The number of pyridine rings is 1. The number of imidazole rings is 1. The van der Waals surface area contributed by atoms with Crippen LogP contribution in [-0.2, 0) is 0 Å². The first kappa shape index (κ1) is 20.0. The quantitative estimate of drug-likeness (QED) is 0.531. The van der Waals surface area contributed by atoms with Gasteiger partial charge in [0.15, 0.2) is 5.82 Å². The van der Waals surface area contributed by atoms with Gasteiger partial charge in [-0.15, -0.1) is 0 Å². The molecule has 0 radical (unpaired) electrons. The van der Waals surface area contributed by atoms with Gasteiger partial charge in [-0.3, -0.25) is 9.20 Å². The van der Waals surface area contributed by atoms with Crippen LogP contribution in [0.5, 0.6) is 5.75 Å². The molecule has 0 fully saturated rings. The van der Waals surface area contributed by atoms with Gasteiger partial charge in [-0.2, -0.15) is 0 Å². The summed E-state index contributed by atoms with van der Waals surface area (Å²) in [5, 5.41) is 0. The van der Waals surface area contributed by atoms with Crippen LogP contribution >= 0.6 is 0 Å². The molecule has 2 N–H and O–H groups in total. The lowest BCUT2D eigenvalue weighted by Gasteiger charge is -2.23. The van der Waals surface area contributed by atoms with Crippen LogP contribution in [0.3, 0.4) is 0 Å². The number of rotatable bonds is 4. The predicted molar refractivity (Wildman–Crippen MR) is 124 cm³/mol. The zero-order chi connectivity index (χ0) is 22.6. The molecule has 1 aliphatic heterocycles.